The molecule has 0 fully saturated rings. The molecule has 17 heavy (non-hydrogen) atoms. The minimum absolute atomic E-state index is 0.629. The zero-order valence-corrected chi connectivity index (χ0v) is 12.0. The lowest BCUT2D eigenvalue weighted by atomic mass is 9.88. The van der Waals surface area contributed by atoms with Gasteiger partial charge in [0, 0.05) is 12.2 Å². The molecule has 0 bridgehead atoms. The van der Waals surface area contributed by atoms with Crippen molar-refractivity contribution in [3.63, 3.8) is 0 Å². The molecule has 1 aromatic rings. The van der Waals surface area contributed by atoms with E-state index in [0.717, 1.165) is 28.8 Å². The normalized spacial score (nSPS) is 11.7. The van der Waals surface area contributed by atoms with E-state index in [1.165, 1.54) is 11.5 Å². The average molecular weight is 274 g/mol. The maximum atomic E-state index is 10.9. The van der Waals surface area contributed by atoms with Crippen molar-refractivity contribution in [3.05, 3.63) is 5.82 Å². The highest BCUT2D eigenvalue weighted by Gasteiger charge is 2.26. The number of aliphatic carboxylic acids is 1. The first-order chi connectivity index (χ1) is 7.95. The Morgan fingerprint density at radius 2 is 2.24 bits per heavy atom. The monoisotopic (exact) mass is 274 g/mol. The van der Waals surface area contributed by atoms with Crippen LogP contribution in [0, 0.1) is 5.41 Å². The number of hydrogen-bond acceptors (Lipinski definition) is 5. The van der Waals surface area contributed by atoms with Gasteiger partial charge in [-0.25, -0.2) is 4.98 Å². The van der Waals surface area contributed by atoms with Crippen molar-refractivity contribution < 1.29 is 9.90 Å². The summed E-state index contributed by atoms with van der Waals surface area (Å²) in [6.07, 6.45) is 2.43. The molecular weight excluding hydrogens is 256 g/mol. The minimum atomic E-state index is -0.730. The summed E-state index contributed by atoms with van der Waals surface area (Å²) in [5.74, 6) is 1.06. The van der Waals surface area contributed by atoms with Gasteiger partial charge < -0.3 is 5.11 Å². The quantitative estimate of drug-likeness (QED) is 0.611. The lowest BCUT2D eigenvalue weighted by Crippen LogP contribution is -2.23. The molecule has 1 aromatic heterocycles. The fourth-order valence-corrected chi connectivity index (χ4v) is 2.93. The highest BCUT2D eigenvalue weighted by molar-refractivity contribution is 8.00. The molecule has 0 aliphatic heterocycles. The molecule has 4 nitrogen and oxygen atoms in total. The van der Waals surface area contributed by atoms with Gasteiger partial charge >= 0.3 is 5.97 Å². The average Bonchev–Trinajstić information content (AvgIpc) is 2.72. The summed E-state index contributed by atoms with van der Waals surface area (Å²) >= 11 is 3.08. The van der Waals surface area contributed by atoms with Crippen LogP contribution in [0.15, 0.2) is 4.34 Å². The van der Waals surface area contributed by atoms with Crippen LogP contribution in [0.2, 0.25) is 0 Å². The Balaban J connectivity index is 2.27. The number of rotatable bonds is 7. The van der Waals surface area contributed by atoms with E-state index in [9.17, 15) is 4.79 Å². The first kappa shape index (κ1) is 14.4. The van der Waals surface area contributed by atoms with Crippen molar-refractivity contribution in [2.75, 3.05) is 5.75 Å². The van der Waals surface area contributed by atoms with Gasteiger partial charge in [0.05, 0.1) is 5.41 Å². The third-order valence-corrected chi connectivity index (χ3v) is 4.47. The van der Waals surface area contributed by atoms with Crippen LogP contribution in [0.1, 0.15) is 39.4 Å². The summed E-state index contributed by atoms with van der Waals surface area (Å²) in [6, 6.07) is 0. The number of thioether (sulfide) groups is 1. The molecule has 0 unspecified atom stereocenters. The number of carbonyl (C=O) groups is 1. The molecule has 0 radical (unpaired) electrons. The van der Waals surface area contributed by atoms with Crippen LogP contribution in [0.25, 0.3) is 0 Å². The fraction of sp³-hybridized carbons (Fsp3) is 0.727. The highest BCUT2D eigenvalue weighted by Crippen LogP contribution is 2.26. The number of nitrogens with zero attached hydrogens (tertiary/aromatic N) is 2. The summed E-state index contributed by atoms with van der Waals surface area (Å²) in [5.41, 5.74) is -0.629. The number of carboxylic acid groups (broad SMARTS) is 1. The molecule has 96 valence electrons. The number of aryl methyl sites for hydroxylation is 1. The second kappa shape index (κ2) is 6.35. The van der Waals surface area contributed by atoms with Crippen LogP contribution < -0.4 is 0 Å². The number of carboxylic acids is 1. The van der Waals surface area contributed by atoms with E-state index < -0.39 is 11.4 Å². The molecule has 6 heteroatoms. The van der Waals surface area contributed by atoms with E-state index in [1.807, 2.05) is 6.92 Å². The Kier molecular flexibility index (Phi) is 5.39. The van der Waals surface area contributed by atoms with E-state index in [0.29, 0.717) is 6.42 Å². The first-order valence-electron chi connectivity index (χ1n) is 5.64. The second-order valence-corrected chi connectivity index (χ2v) is 6.57. The van der Waals surface area contributed by atoms with Gasteiger partial charge in [0.25, 0.3) is 0 Å². The molecule has 0 aliphatic carbocycles. The van der Waals surface area contributed by atoms with Gasteiger partial charge in [-0.05, 0) is 38.2 Å². The minimum Gasteiger partial charge on any atom is -0.481 e. The van der Waals surface area contributed by atoms with Crippen molar-refractivity contribution in [1.29, 1.82) is 0 Å². The molecule has 0 aliphatic rings. The molecule has 0 amide bonds. The summed E-state index contributed by atoms with van der Waals surface area (Å²) in [6.45, 7) is 5.56. The van der Waals surface area contributed by atoms with Gasteiger partial charge in [0.1, 0.15) is 5.82 Å². The van der Waals surface area contributed by atoms with Gasteiger partial charge in [0.2, 0.25) is 0 Å². The van der Waals surface area contributed by atoms with Crippen LogP contribution in [-0.4, -0.2) is 26.2 Å². The third-order valence-electron chi connectivity index (χ3n) is 2.52. The van der Waals surface area contributed by atoms with Crippen LogP contribution in [0.3, 0.4) is 0 Å². The molecule has 0 saturated carbocycles. The van der Waals surface area contributed by atoms with Crippen LogP contribution in [-0.2, 0) is 11.2 Å². The van der Waals surface area contributed by atoms with E-state index in [1.54, 1.807) is 25.6 Å². The van der Waals surface area contributed by atoms with Gasteiger partial charge in [-0.15, -0.1) is 0 Å². The van der Waals surface area contributed by atoms with Crippen molar-refractivity contribution in [2.45, 2.75) is 44.4 Å². The van der Waals surface area contributed by atoms with E-state index in [-0.39, 0.29) is 0 Å². The maximum absolute atomic E-state index is 10.9. The summed E-state index contributed by atoms with van der Waals surface area (Å²) in [5, 5.41) is 8.97. The standard InChI is InChI=1S/C11H18N2O2S2/c1-4-8-12-10(17-13-8)16-7-5-6-11(2,3)9(14)15/h4-7H2,1-3H3,(H,14,15). The Bertz CT molecular complexity index is 377. The second-order valence-electron chi connectivity index (χ2n) is 4.47. The predicted octanol–water partition coefficient (Wildman–Crippen LogP) is 3.08. The Morgan fingerprint density at radius 1 is 1.53 bits per heavy atom. The third kappa shape index (κ3) is 4.63. The molecule has 0 atom stereocenters. The van der Waals surface area contributed by atoms with Crippen molar-refractivity contribution in [2.24, 2.45) is 5.41 Å². The molecule has 0 spiro atoms. The Morgan fingerprint density at radius 3 is 2.76 bits per heavy atom. The van der Waals surface area contributed by atoms with E-state index in [2.05, 4.69) is 9.36 Å². The van der Waals surface area contributed by atoms with Gasteiger partial charge in [-0.2, -0.15) is 4.37 Å². The van der Waals surface area contributed by atoms with Crippen LogP contribution in [0.5, 0.6) is 0 Å². The molecule has 1 heterocycles. The first-order valence-corrected chi connectivity index (χ1v) is 7.40. The van der Waals surface area contributed by atoms with Crippen LogP contribution in [0.4, 0.5) is 0 Å². The molecule has 1 N–H and O–H groups in total. The zero-order valence-electron chi connectivity index (χ0n) is 10.4. The number of aromatic nitrogens is 2. The van der Waals surface area contributed by atoms with E-state index >= 15 is 0 Å². The summed E-state index contributed by atoms with van der Waals surface area (Å²) in [4.78, 5) is 15.3. The van der Waals surface area contributed by atoms with Gasteiger partial charge in [0.15, 0.2) is 4.34 Å². The van der Waals surface area contributed by atoms with Gasteiger partial charge in [-0.1, -0.05) is 18.7 Å². The Labute approximate surface area is 110 Å². The largest absolute Gasteiger partial charge is 0.481 e. The smallest absolute Gasteiger partial charge is 0.309 e. The molecule has 0 aromatic carbocycles. The lowest BCUT2D eigenvalue weighted by Gasteiger charge is -2.18. The lowest BCUT2D eigenvalue weighted by molar-refractivity contribution is -0.147. The topological polar surface area (TPSA) is 63.1 Å². The Hall–Kier alpha value is -0.620. The van der Waals surface area contributed by atoms with Crippen molar-refractivity contribution in [1.82, 2.24) is 9.36 Å². The van der Waals surface area contributed by atoms with Crippen molar-refractivity contribution >= 4 is 29.3 Å². The van der Waals surface area contributed by atoms with Crippen LogP contribution >= 0.6 is 23.3 Å². The highest BCUT2D eigenvalue weighted by atomic mass is 32.2. The molecular formula is C11H18N2O2S2. The fourth-order valence-electron chi connectivity index (χ4n) is 1.22. The summed E-state index contributed by atoms with van der Waals surface area (Å²) in [7, 11) is 0. The van der Waals surface area contributed by atoms with E-state index in [4.69, 9.17) is 5.11 Å². The van der Waals surface area contributed by atoms with Gasteiger partial charge in [-0.3, -0.25) is 4.79 Å². The molecule has 1 rings (SSSR count). The van der Waals surface area contributed by atoms with Crippen molar-refractivity contribution in [3.8, 4) is 0 Å². The number of hydrogen-bond donors (Lipinski definition) is 1. The summed E-state index contributed by atoms with van der Waals surface area (Å²) < 4.78 is 5.19. The maximum Gasteiger partial charge on any atom is 0.309 e. The molecule has 0 saturated heterocycles. The SMILES string of the molecule is CCc1nsc(SCCCC(C)(C)C(=O)O)n1. The predicted molar refractivity (Wildman–Crippen MR) is 70.7 cm³/mol. The zero-order chi connectivity index (χ0) is 12.9.